The molecule has 0 atom stereocenters. The van der Waals surface area contributed by atoms with E-state index in [4.69, 9.17) is 0 Å². The molecule has 2 rings (SSSR count). The highest BCUT2D eigenvalue weighted by Crippen LogP contribution is 2.00. The van der Waals surface area contributed by atoms with Gasteiger partial charge in [-0.25, -0.2) is 5.43 Å². The van der Waals surface area contributed by atoms with E-state index in [0.717, 1.165) is 11.1 Å². The summed E-state index contributed by atoms with van der Waals surface area (Å²) in [5, 5.41) is 3.89. The van der Waals surface area contributed by atoms with Crippen LogP contribution in [0.25, 0.3) is 0 Å². The normalized spacial score (nSPS) is 10.5. The first kappa shape index (κ1) is 12.0. The maximum atomic E-state index is 11.6. The summed E-state index contributed by atoms with van der Waals surface area (Å²) in [5.74, 6) is -0.320. The first-order valence-electron chi connectivity index (χ1n) is 5.57. The van der Waals surface area contributed by atoms with Gasteiger partial charge in [0.25, 0.3) is 5.91 Å². The lowest BCUT2D eigenvalue weighted by molar-refractivity contribution is 0.0950. The van der Waals surface area contributed by atoms with E-state index in [1.165, 1.54) is 0 Å². The number of nitrogens with one attached hydrogen (secondary N) is 1. The summed E-state index contributed by atoms with van der Waals surface area (Å²) in [6.07, 6.45) is 3.17. The van der Waals surface area contributed by atoms with Gasteiger partial charge >= 0.3 is 0 Å². The summed E-state index contributed by atoms with van der Waals surface area (Å²) in [7, 11) is 0. The van der Waals surface area contributed by atoms with Gasteiger partial charge in [0.05, 0.1) is 6.21 Å². The van der Waals surface area contributed by atoms with Crippen molar-refractivity contribution in [2.45, 2.75) is 6.92 Å². The number of carbonyl (C=O) groups excluding carboxylic acids is 1. The predicted molar refractivity (Wildman–Crippen MR) is 70.5 cm³/mol. The van der Waals surface area contributed by atoms with Gasteiger partial charge in [0, 0.05) is 6.20 Å². The van der Waals surface area contributed by atoms with Crippen LogP contribution in [-0.4, -0.2) is 17.1 Å². The molecule has 1 amide bonds. The molecule has 0 fully saturated rings. The monoisotopic (exact) mass is 239 g/mol. The van der Waals surface area contributed by atoms with Gasteiger partial charge in [0.2, 0.25) is 0 Å². The topological polar surface area (TPSA) is 54.4 Å². The van der Waals surface area contributed by atoms with Crippen molar-refractivity contribution in [1.82, 2.24) is 10.4 Å². The lowest BCUT2D eigenvalue weighted by Gasteiger charge is -1.98. The zero-order valence-corrected chi connectivity index (χ0v) is 10.00. The van der Waals surface area contributed by atoms with Gasteiger partial charge in [-0.1, -0.05) is 35.9 Å². The minimum Gasteiger partial charge on any atom is -0.266 e. The van der Waals surface area contributed by atoms with E-state index in [2.05, 4.69) is 15.5 Å². The number of rotatable bonds is 3. The smallest absolute Gasteiger partial charge is 0.266 e. The molecule has 0 radical (unpaired) electrons. The lowest BCUT2D eigenvalue weighted by atomic mass is 10.2. The highest BCUT2D eigenvalue weighted by molar-refractivity contribution is 5.93. The minimum atomic E-state index is -0.320. The van der Waals surface area contributed by atoms with Gasteiger partial charge in [-0.05, 0) is 24.6 Å². The number of hydrazone groups is 1. The third-order valence-electron chi connectivity index (χ3n) is 2.32. The molecule has 0 unspecified atom stereocenters. The van der Waals surface area contributed by atoms with E-state index < -0.39 is 0 Å². The van der Waals surface area contributed by atoms with Crippen LogP contribution in [-0.2, 0) is 0 Å². The van der Waals surface area contributed by atoms with E-state index in [0.29, 0.717) is 5.69 Å². The van der Waals surface area contributed by atoms with Crippen molar-refractivity contribution < 1.29 is 4.79 Å². The highest BCUT2D eigenvalue weighted by atomic mass is 16.2. The molecule has 0 saturated heterocycles. The minimum absolute atomic E-state index is 0.320. The van der Waals surface area contributed by atoms with Crippen molar-refractivity contribution in [1.29, 1.82) is 0 Å². The van der Waals surface area contributed by atoms with E-state index in [-0.39, 0.29) is 5.91 Å². The molecule has 4 heteroatoms. The molecule has 1 heterocycles. The number of benzene rings is 1. The van der Waals surface area contributed by atoms with Gasteiger partial charge in [-0.2, -0.15) is 5.10 Å². The Labute approximate surface area is 105 Å². The fourth-order valence-electron chi connectivity index (χ4n) is 1.47. The van der Waals surface area contributed by atoms with Crippen LogP contribution in [0, 0.1) is 6.92 Å². The summed E-state index contributed by atoms with van der Waals surface area (Å²) >= 11 is 0. The molecule has 90 valence electrons. The molecule has 18 heavy (non-hydrogen) atoms. The maximum Gasteiger partial charge on any atom is 0.289 e. The van der Waals surface area contributed by atoms with Gasteiger partial charge < -0.3 is 0 Å². The van der Waals surface area contributed by atoms with Gasteiger partial charge in [-0.3, -0.25) is 9.78 Å². The molecule has 1 aromatic carbocycles. The zero-order chi connectivity index (χ0) is 12.8. The first-order valence-corrected chi connectivity index (χ1v) is 5.57. The predicted octanol–water partition coefficient (Wildman–Crippen LogP) is 2.15. The number of aryl methyl sites for hydroxylation is 1. The number of amides is 1. The van der Waals surface area contributed by atoms with Crippen molar-refractivity contribution in [3.05, 3.63) is 65.5 Å². The van der Waals surface area contributed by atoms with Crippen LogP contribution < -0.4 is 5.43 Å². The van der Waals surface area contributed by atoms with Crippen molar-refractivity contribution in [3.8, 4) is 0 Å². The summed E-state index contributed by atoms with van der Waals surface area (Å²) in [6.45, 7) is 2.00. The van der Waals surface area contributed by atoms with Crippen LogP contribution in [0.4, 0.5) is 0 Å². The maximum absolute atomic E-state index is 11.6. The molecular weight excluding hydrogens is 226 g/mol. The Balaban J connectivity index is 1.98. The molecule has 1 aromatic heterocycles. The molecule has 2 aromatic rings. The number of hydrogen-bond donors (Lipinski definition) is 1. The van der Waals surface area contributed by atoms with Crippen molar-refractivity contribution >= 4 is 12.1 Å². The fourth-order valence-corrected chi connectivity index (χ4v) is 1.47. The molecule has 0 aliphatic heterocycles. The Morgan fingerprint density at radius 1 is 1.28 bits per heavy atom. The average Bonchev–Trinajstić information content (AvgIpc) is 2.40. The van der Waals surface area contributed by atoms with Crippen LogP contribution in [0.3, 0.4) is 0 Å². The number of carbonyl (C=O) groups is 1. The second-order valence-electron chi connectivity index (χ2n) is 3.83. The van der Waals surface area contributed by atoms with E-state index >= 15 is 0 Å². The lowest BCUT2D eigenvalue weighted by Crippen LogP contribution is -2.18. The van der Waals surface area contributed by atoms with E-state index in [1.54, 1.807) is 30.6 Å². The summed E-state index contributed by atoms with van der Waals surface area (Å²) in [6, 6.07) is 13.0. The molecule has 0 aliphatic carbocycles. The standard InChI is InChI=1S/C14H13N3O/c1-11-5-4-6-12(9-11)10-16-17-14(18)13-7-2-3-8-15-13/h2-10H,1H3,(H,17,18)/b16-10-. The van der Waals surface area contributed by atoms with Crippen LogP contribution >= 0.6 is 0 Å². The van der Waals surface area contributed by atoms with Crippen molar-refractivity contribution in [3.63, 3.8) is 0 Å². The van der Waals surface area contributed by atoms with Crippen LogP contribution in [0.5, 0.6) is 0 Å². The molecule has 0 saturated carbocycles. The number of nitrogens with zero attached hydrogens (tertiary/aromatic N) is 2. The van der Waals surface area contributed by atoms with Crippen LogP contribution in [0.15, 0.2) is 53.8 Å². The SMILES string of the molecule is Cc1cccc(/C=N\NC(=O)c2ccccn2)c1. The third kappa shape index (κ3) is 3.25. The average molecular weight is 239 g/mol. The second-order valence-corrected chi connectivity index (χ2v) is 3.83. The summed E-state index contributed by atoms with van der Waals surface area (Å²) in [4.78, 5) is 15.5. The Kier molecular flexibility index (Phi) is 3.81. The van der Waals surface area contributed by atoms with E-state index in [9.17, 15) is 4.79 Å². The van der Waals surface area contributed by atoms with Crippen molar-refractivity contribution in [2.24, 2.45) is 5.10 Å². The largest absolute Gasteiger partial charge is 0.289 e. The third-order valence-corrected chi connectivity index (χ3v) is 2.32. The van der Waals surface area contributed by atoms with Crippen LogP contribution in [0.2, 0.25) is 0 Å². The summed E-state index contributed by atoms with van der Waals surface area (Å²) in [5.41, 5.74) is 4.87. The fraction of sp³-hybridized carbons (Fsp3) is 0.0714. The molecule has 0 spiro atoms. The van der Waals surface area contributed by atoms with Crippen molar-refractivity contribution in [2.75, 3.05) is 0 Å². The van der Waals surface area contributed by atoms with Gasteiger partial charge in [0.15, 0.2) is 0 Å². The number of hydrogen-bond acceptors (Lipinski definition) is 3. The highest BCUT2D eigenvalue weighted by Gasteiger charge is 2.03. The number of pyridine rings is 1. The van der Waals surface area contributed by atoms with Gasteiger partial charge in [0.1, 0.15) is 5.69 Å². The molecule has 0 bridgehead atoms. The zero-order valence-electron chi connectivity index (χ0n) is 10.00. The molecule has 1 N–H and O–H groups in total. The Morgan fingerprint density at radius 3 is 2.89 bits per heavy atom. The second kappa shape index (κ2) is 5.72. The van der Waals surface area contributed by atoms with Gasteiger partial charge in [-0.15, -0.1) is 0 Å². The Morgan fingerprint density at radius 2 is 2.17 bits per heavy atom. The van der Waals surface area contributed by atoms with Crippen LogP contribution in [0.1, 0.15) is 21.6 Å². The Hall–Kier alpha value is -2.49. The molecule has 0 aliphatic rings. The van der Waals surface area contributed by atoms with E-state index in [1.807, 2.05) is 31.2 Å². The Bertz CT molecular complexity index is 564. The summed E-state index contributed by atoms with van der Waals surface area (Å²) < 4.78 is 0. The number of aromatic nitrogens is 1. The molecule has 4 nitrogen and oxygen atoms in total. The quantitative estimate of drug-likeness (QED) is 0.659. The molecular formula is C14H13N3O. The first-order chi connectivity index (χ1) is 8.75.